The second-order valence-electron chi connectivity index (χ2n) is 4.14. The first kappa shape index (κ1) is 10.4. The molecule has 82 valence electrons. The van der Waals surface area contributed by atoms with Gasteiger partial charge in [0, 0.05) is 12.5 Å². The molecular weight excluding hydrogens is 190 g/mol. The molecule has 0 aromatic carbocycles. The molecule has 1 N–H and O–H groups in total. The molecule has 1 saturated heterocycles. The molecule has 1 aliphatic rings. The van der Waals surface area contributed by atoms with E-state index in [9.17, 15) is 4.79 Å². The van der Waals surface area contributed by atoms with Crippen LogP contribution in [0.1, 0.15) is 42.5 Å². The van der Waals surface area contributed by atoms with E-state index in [0.717, 1.165) is 13.0 Å². The zero-order chi connectivity index (χ0) is 10.5. The van der Waals surface area contributed by atoms with Gasteiger partial charge in [-0.25, -0.2) is 0 Å². The lowest BCUT2D eigenvalue weighted by Crippen LogP contribution is -2.30. The Labute approximate surface area is 89.9 Å². The number of nitrogens with one attached hydrogen (secondary N) is 1. The van der Waals surface area contributed by atoms with Crippen LogP contribution in [-0.4, -0.2) is 18.4 Å². The van der Waals surface area contributed by atoms with E-state index in [0.29, 0.717) is 18.0 Å². The molecule has 0 amide bonds. The molecule has 1 aliphatic heterocycles. The largest absolute Gasteiger partial charge is 0.472 e. The maximum atomic E-state index is 11.8. The highest BCUT2D eigenvalue weighted by atomic mass is 16.3. The minimum atomic E-state index is 0.183. The molecule has 1 fully saturated rings. The monoisotopic (exact) mass is 207 g/mol. The van der Waals surface area contributed by atoms with Crippen LogP contribution in [0.5, 0.6) is 0 Å². The van der Waals surface area contributed by atoms with Crippen LogP contribution in [0.25, 0.3) is 0 Å². The number of hydrogen-bond donors (Lipinski definition) is 1. The molecule has 15 heavy (non-hydrogen) atoms. The number of hydrogen-bond acceptors (Lipinski definition) is 3. The van der Waals surface area contributed by atoms with Crippen LogP contribution in [0, 0.1) is 0 Å². The Morgan fingerprint density at radius 2 is 2.40 bits per heavy atom. The van der Waals surface area contributed by atoms with Crippen LogP contribution < -0.4 is 5.32 Å². The summed E-state index contributed by atoms with van der Waals surface area (Å²) in [5.41, 5.74) is 0.695. The Bertz CT molecular complexity index is 297. The number of furan rings is 1. The smallest absolute Gasteiger partial charge is 0.167 e. The number of Topliss-reactive ketones (excluding diaryl/α,β-unsaturated/α-hetero) is 1. The summed E-state index contributed by atoms with van der Waals surface area (Å²) in [7, 11) is 0. The molecular formula is C12H17NO2. The Hall–Kier alpha value is -1.09. The predicted molar refractivity (Wildman–Crippen MR) is 57.9 cm³/mol. The first-order valence-corrected chi connectivity index (χ1v) is 5.65. The molecule has 3 nitrogen and oxygen atoms in total. The van der Waals surface area contributed by atoms with Gasteiger partial charge < -0.3 is 9.73 Å². The van der Waals surface area contributed by atoms with Crippen LogP contribution in [0.15, 0.2) is 23.0 Å². The van der Waals surface area contributed by atoms with E-state index in [1.165, 1.54) is 25.5 Å². The molecule has 0 aliphatic carbocycles. The molecule has 0 bridgehead atoms. The van der Waals surface area contributed by atoms with Crippen LogP contribution in [0.3, 0.4) is 0 Å². The van der Waals surface area contributed by atoms with Crippen LogP contribution in [0.4, 0.5) is 0 Å². The highest BCUT2D eigenvalue weighted by molar-refractivity contribution is 5.96. The number of rotatable bonds is 3. The van der Waals surface area contributed by atoms with Crippen molar-refractivity contribution < 1.29 is 9.21 Å². The lowest BCUT2D eigenvalue weighted by Gasteiger charge is -2.13. The zero-order valence-corrected chi connectivity index (χ0v) is 8.87. The summed E-state index contributed by atoms with van der Waals surface area (Å²) in [5.74, 6) is 0.183. The highest BCUT2D eigenvalue weighted by Gasteiger charge is 2.16. The number of carbonyl (C=O) groups excluding carboxylic acids is 1. The third-order valence-electron chi connectivity index (χ3n) is 2.94. The topological polar surface area (TPSA) is 42.2 Å². The number of carbonyl (C=O) groups is 1. The van der Waals surface area contributed by atoms with Crippen molar-refractivity contribution in [2.24, 2.45) is 0 Å². The molecule has 2 heterocycles. The quantitative estimate of drug-likeness (QED) is 0.774. The summed E-state index contributed by atoms with van der Waals surface area (Å²) in [6, 6.07) is 2.09. The Balaban J connectivity index is 1.87. The van der Waals surface area contributed by atoms with Crippen molar-refractivity contribution in [1.29, 1.82) is 0 Å². The van der Waals surface area contributed by atoms with E-state index < -0.39 is 0 Å². The van der Waals surface area contributed by atoms with Gasteiger partial charge in [0.1, 0.15) is 6.26 Å². The lowest BCUT2D eigenvalue weighted by molar-refractivity contribution is 0.0967. The molecule has 0 spiro atoms. The van der Waals surface area contributed by atoms with E-state index in [4.69, 9.17) is 4.42 Å². The van der Waals surface area contributed by atoms with Crippen LogP contribution in [-0.2, 0) is 0 Å². The van der Waals surface area contributed by atoms with Gasteiger partial charge in [-0.05, 0) is 25.5 Å². The third-order valence-corrected chi connectivity index (χ3v) is 2.94. The zero-order valence-electron chi connectivity index (χ0n) is 8.87. The van der Waals surface area contributed by atoms with E-state index in [-0.39, 0.29) is 5.78 Å². The average Bonchev–Trinajstić information content (AvgIpc) is 2.65. The predicted octanol–water partition coefficient (Wildman–Crippen LogP) is 2.38. The standard InChI is InChI=1S/C12H17NO2/c14-12(10-5-7-15-9-10)8-11-4-2-1-3-6-13-11/h5,7,9,11,13H,1-4,6,8H2. The summed E-state index contributed by atoms with van der Waals surface area (Å²) < 4.78 is 4.91. The average molecular weight is 207 g/mol. The van der Waals surface area contributed by atoms with Gasteiger partial charge in [0.2, 0.25) is 0 Å². The van der Waals surface area contributed by atoms with Crippen molar-refractivity contribution in [3.05, 3.63) is 24.2 Å². The van der Waals surface area contributed by atoms with E-state index in [1.807, 2.05) is 0 Å². The van der Waals surface area contributed by atoms with Gasteiger partial charge in [-0.3, -0.25) is 4.79 Å². The van der Waals surface area contributed by atoms with Gasteiger partial charge in [-0.1, -0.05) is 12.8 Å². The van der Waals surface area contributed by atoms with Gasteiger partial charge in [0.25, 0.3) is 0 Å². The maximum Gasteiger partial charge on any atom is 0.167 e. The fourth-order valence-corrected chi connectivity index (χ4v) is 2.04. The molecule has 3 heteroatoms. The van der Waals surface area contributed by atoms with Gasteiger partial charge in [0.15, 0.2) is 5.78 Å². The Kier molecular flexibility index (Phi) is 3.56. The first-order valence-electron chi connectivity index (χ1n) is 5.65. The van der Waals surface area contributed by atoms with Crippen molar-refractivity contribution in [2.75, 3.05) is 6.54 Å². The maximum absolute atomic E-state index is 11.8. The van der Waals surface area contributed by atoms with Crippen molar-refractivity contribution in [2.45, 2.75) is 38.1 Å². The van der Waals surface area contributed by atoms with Crippen LogP contribution >= 0.6 is 0 Å². The van der Waals surface area contributed by atoms with Crippen molar-refractivity contribution in [1.82, 2.24) is 5.32 Å². The summed E-state index contributed by atoms with van der Waals surface area (Å²) in [6.07, 6.45) is 8.53. The minimum Gasteiger partial charge on any atom is -0.472 e. The second-order valence-corrected chi connectivity index (χ2v) is 4.14. The molecule has 1 unspecified atom stereocenters. The van der Waals surface area contributed by atoms with Crippen LogP contribution in [0.2, 0.25) is 0 Å². The molecule has 1 aromatic rings. The molecule has 1 aromatic heterocycles. The molecule has 2 rings (SSSR count). The van der Waals surface area contributed by atoms with Gasteiger partial charge in [-0.15, -0.1) is 0 Å². The summed E-state index contributed by atoms with van der Waals surface area (Å²) in [5, 5.41) is 3.42. The fourth-order valence-electron chi connectivity index (χ4n) is 2.04. The SMILES string of the molecule is O=C(CC1CCCCCN1)c1ccoc1. The summed E-state index contributed by atoms with van der Waals surface area (Å²) in [6.45, 7) is 1.04. The van der Waals surface area contributed by atoms with Crippen molar-refractivity contribution >= 4 is 5.78 Å². The Morgan fingerprint density at radius 3 is 3.20 bits per heavy atom. The molecule has 1 atom stereocenters. The molecule has 0 radical (unpaired) electrons. The van der Waals surface area contributed by atoms with E-state index >= 15 is 0 Å². The van der Waals surface area contributed by atoms with E-state index in [1.54, 1.807) is 12.3 Å². The first-order chi connectivity index (χ1) is 7.36. The van der Waals surface area contributed by atoms with Crippen molar-refractivity contribution in [3.63, 3.8) is 0 Å². The second kappa shape index (κ2) is 5.12. The summed E-state index contributed by atoms with van der Waals surface area (Å²) >= 11 is 0. The number of ketones is 1. The van der Waals surface area contributed by atoms with Crippen molar-refractivity contribution in [3.8, 4) is 0 Å². The highest BCUT2D eigenvalue weighted by Crippen LogP contribution is 2.14. The minimum absolute atomic E-state index is 0.183. The fraction of sp³-hybridized carbons (Fsp3) is 0.583. The third kappa shape index (κ3) is 2.93. The Morgan fingerprint density at radius 1 is 1.47 bits per heavy atom. The van der Waals surface area contributed by atoms with Gasteiger partial charge in [-0.2, -0.15) is 0 Å². The molecule has 0 saturated carbocycles. The lowest BCUT2D eigenvalue weighted by atomic mass is 10.0. The summed E-state index contributed by atoms with van der Waals surface area (Å²) in [4.78, 5) is 11.8. The van der Waals surface area contributed by atoms with Gasteiger partial charge in [0.05, 0.1) is 11.8 Å². The van der Waals surface area contributed by atoms with E-state index in [2.05, 4.69) is 5.32 Å². The van der Waals surface area contributed by atoms with Gasteiger partial charge >= 0.3 is 0 Å². The normalized spacial score (nSPS) is 22.3.